The molecule has 3 rings (SSSR count). The Morgan fingerprint density at radius 3 is 3.19 bits per heavy atom. The van der Waals surface area contributed by atoms with Gasteiger partial charge in [0, 0.05) is 6.20 Å². The van der Waals surface area contributed by atoms with Crippen molar-refractivity contribution in [2.75, 3.05) is 6.54 Å². The predicted molar refractivity (Wildman–Crippen MR) is 58.5 cm³/mol. The molecule has 0 saturated heterocycles. The molecule has 0 spiro atoms. The Hall–Kier alpha value is -1.62. The number of aromatic nitrogens is 3. The molecule has 1 saturated carbocycles. The van der Waals surface area contributed by atoms with E-state index in [1.807, 2.05) is 18.3 Å². The van der Waals surface area contributed by atoms with Crippen LogP contribution in [0.2, 0.25) is 0 Å². The number of aromatic amines is 1. The lowest BCUT2D eigenvalue weighted by atomic mass is 10.4. The van der Waals surface area contributed by atoms with Gasteiger partial charge in [-0.05, 0) is 37.4 Å². The van der Waals surface area contributed by atoms with Gasteiger partial charge in [-0.1, -0.05) is 5.16 Å². The van der Waals surface area contributed by atoms with Crippen molar-refractivity contribution in [1.29, 1.82) is 0 Å². The summed E-state index contributed by atoms with van der Waals surface area (Å²) in [7, 11) is 0. The zero-order valence-corrected chi connectivity index (χ0v) is 8.94. The Balaban J connectivity index is 1.59. The molecular formula is C11H14N4O. The van der Waals surface area contributed by atoms with Crippen molar-refractivity contribution in [3.8, 4) is 11.5 Å². The van der Waals surface area contributed by atoms with Crippen molar-refractivity contribution in [3.63, 3.8) is 0 Å². The number of nitrogens with one attached hydrogen (secondary N) is 2. The molecule has 1 fully saturated rings. The highest BCUT2D eigenvalue weighted by Crippen LogP contribution is 2.27. The summed E-state index contributed by atoms with van der Waals surface area (Å²) < 4.78 is 5.15. The predicted octanol–water partition coefficient (Wildman–Crippen LogP) is 1.56. The standard InChI is InChI=1S/C11H14N4O/c1-2-9(13-5-1)11-14-10(16-15-11)7-12-6-8-3-4-8/h1-2,5,8,12-13H,3-4,6-7H2. The average Bonchev–Trinajstić information content (AvgIpc) is 2.83. The largest absolute Gasteiger partial charge is 0.359 e. The molecule has 0 radical (unpaired) electrons. The van der Waals surface area contributed by atoms with Crippen LogP contribution in [0.5, 0.6) is 0 Å². The van der Waals surface area contributed by atoms with E-state index in [1.165, 1.54) is 12.8 Å². The van der Waals surface area contributed by atoms with E-state index in [-0.39, 0.29) is 0 Å². The smallest absolute Gasteiger partial charge is 0.240 e. The second kappa shape index (κ2) is 4.09. The summed E-state index contributed by atoms with van der Waals surface area (Å²) in [5, 5.41) is 7.23. The fourth-order valence-electron chi connectivity index (χ4n) is 1.61. The van der Waals surface area contributed by atoms with Crippen LogP contribution in [0.4, 0.5) is 0 Å². The number of hydrogen-bond donors (Lipinski definition) is 2. The topological polar surface area (TPSA) is 66.7 Å². The van der Waals surface area contributed by atoms with E-state index in [4.69, 9.17) is 4.52 Å². The highest BCUT2D eigenvalue weighted by atomic mass is 16.5. The molecule has 0 amide bonds. The van der Waals surface area contributed by atoms with E-state index in [0.717, 1.165) is 18.2 Å². The van der Waals surface area contributed by atoms with E-state index in [0.29, 0.717) is 18.3 Å². The lowest BCUT2D eigenvalue weighted by molar-refractivity contribution is 0.367. The molecule has 0 atom stereocenters. The summed E-state index contributed by atoms with van der Waals surface area (Å²) in [5.74, 6) is 2.13. The maximum atomic E-state index is 5.15. The van der Waals surface area contributed by atoms with Crippen molar-refractivity contribution >= 4 is 0 Å². The third-order valence-electron chi connectivity index (χ3n) is 2.71. The molecule has 2 N–H and O–H groups in total. The molecule has 0 aliphatic heterocycles. The van der Waals surface area contributed by atoms with Crippen LogP contribution in [0.3, 0.4) is 0 Å². The molecule has 16 heavy (non-hydrogen) atoms. The van der Waals surface area contributed by atoms with Gasteiger partial charge in [0.25, 0.3) is 0 Å². The lowest BCUT2D eigenvalue weighted by Gasteiger charge is -1.96. The van der Waals surface area contributed by atoms with Gasteiger partial charge in [-0.2, -0.15) is 4.98 Å². The van der Waals surface area contributed by atoms with Crippen LogP contribution in [0.25, 0.3) is 11.5 Å². The second-order valence-electron chi connectivity index (χ2n) is 4.17. The van der Waals surface area contributed by atoms with Gasteiger partial charge in [0.2, 0.25) is 11.7 Å². The summed E-state index contributed by atoms with van der Waals surface area (Å²) in [4.78, 5) is 7.34. The van der Waals surface area contributed by atoms with Gasteiger partial charge in [0.1, 0.15) is 0 Å². The van der Waals surface area contributed by atoms with Crippen molar-refractivity contribution in [3.05, 3.63) is 24.2 Å². The molecule has 84 valence electrons. The quantitative estimate of drug-likeness (QED) is 0.799. The minimum atomic E-state index is 0.619. The van der Waals surface area contributed by atoms with E-state index in [1.54, 1.807) is 0 Å². The van der Waals surface area contributed by atoms with Gasteiger partial charge in [0.05, 0.1) is 12.2 Å². The summed E-state index contributed by atoms with van der Waals surface area (Å²) in [6.07, 6.45) is 4.55. The highest BCUT2D eigenvalue weighted by molar-refractivity contribution is 5.47. The average molecular weight is 218 g/mol. The van der Waals surface area contributed by atoms with Gasteiger partial charge in [-0.15, -0.1) is 0 Å². The molecule has 2 aromatic rings. The third-order valence-corrected chi connectivity index (χ3v) is 2.71. The van der Waals surface area contributed by atoms with Crippen LogP contribution in [-0.2, 0) is 6.54 Å². The van der Waals surface area contributed by atoms with Gasteiger partial charge >= 0.3 is 0 Å². The number of H-pyrrole nitrogens is 1. The fraction of sp³-hybridized carbons (Fsp3) is 0.455. The Kier molecular flexibility index (Phi) is 2.46. The molecule has 0 bridgehead atoms. The SMILES string of the molecule is c1c[nH]c(-c2noc(CNCC3CC3)n2)c1. The summed E-state index contributed by atoms with van der Waals surface area (Å²) >= 11 is 0. The molecule has 2 heterocycles. The number of hydrogen-bond acceptors (Lipinski definition) is 4. The molecule has 1 aliphatic carbocycles. The fourth-order valence-corrected chi connectivity index (χ4v) is 1.61. The first-order valence-corrected chi connectivity index (χ1v) is 5.59. The minimum Gasteiger partial charge on any atom is -0.359 e. The van der Waals surface area contributed by atoms with Crippen LogP contribution >= 0.6 is 0 Å². The Morgan fingerprint density at radius 1 is 1.50 bits per heavy atom. The van der Waals surface area contributed by atoms with Crippen molar-refractivity contribution in [2.45, 2.75) is 19.4 Å². The third kappa shape index (κ3) is 2.14. The van der Waals surface area contributed by atoms with E-state index in [2.05, 4.69) is 20.4 Å². The summed E-state index contributed by atoms with van der Waals surface area (Å²) in [5.41, 5.74) is 0.886. The molecule has 1 aliphatic rings. The first-order valence-electron chi connectivity index (χ1n) is 5.59. The van der Waals surface area contributed by atoms with Crippen LogP contribution < -0.4 is 5.32 Å². The van der Waals surface area contributed by atoms with Crippen LogP contribution in [0.1, 0.15) is 18.7 Å². The van der Waals surface area contributed by atoms with Crippen molar-refractivity contribution in [1.82, 2.24) is 20.4 Å². The van der Waals surface area contributed by atoms with E-state index in [9.17, 15) is 0 Å². The maximum absolute atomic E-state index is 5.15. The maximum Gasteiger partial charge on any atom is 0.240 e. The summed E-state index contributed by atoms with van der Waals surface area (Å²) in [6.45, 7) is 1.71. The van der Waals surface area contributed by atoms with Gasteiger partial charge in [0.15, 0.2) is 0 Å². The molecule has 5 nitrogen and oxygen atoms in total. The monoisotopic (exact) mass is 218 g/mol. The molecule has 2 aromatic heterocycles. The van der Waals surface area contributed by atoms with Crippen LogP contribution in [0, 0.1) is 5.92 Å². The number of nitrogens with zero attached hydrogens (tertiary/aromatic N) is 2. The van der Waals surface area contributed by atoms with Gasteiger partial charge in [-0.3, -0.25) is 0 Å². The zero-order valence-electron chi connectivity index (χ0n) is 8.94. The molecule has 0 aromatic carbocycles. The first-order chi connectivity index (χ1) is 7.92. The van der Waals surface area contributed by atoms with Crippen molar-refractivity contribution in [2.24, 2.45) is 5.92 Å². The Morgan fingerprint density at radius 2 is 2.44 bits per heavy atom. The molecule has 0 unspecified atom stereocenters. The normalized spacial score (nSPS) is 15.5. The van der Waals surface area contributed by atoms with Gasteiger partial charge < -0.3 is 14.8 Å². The van der Waals surface area contributed by atoms with E-state index < -0.39 is 0 Å². The second-order valence-corrected chi connectivity index (χ2v) is 4.17. The van der Waals surface area contributed by atoms with Gasteiger partial charge in [-0.25, -0.2) is 0 Å². The minimum absolute atomic E-state index is 0.619. The Bertz CT molecular complexity index is 444. The number of rotatable bonds is 5. The molecular weight excluding hydrogens is 204 g/mol. The highest BCUT2D eigenvalue weighted by Gasteiger charge is 2.20. The summed E-state index contributed by atoms with van der Waals surface area (Å²) in [6, 6.07) is 3.84. The molecule has 5 heteroatoms. The van der Waals surface area contributed by atoms with Crippen LogP contribution in [0.15, 0.2) is 22.9 Å². The Labute approximate surface area is 93.3 Å². The van der Waals surface area contributed by atoms with Crippen molar-refractivity contribution < 1.29 is 4.52 Å². The zero-order chi connectivity index (χ0) is 10.8. The van der Waals surface area contributed by atoms with Crippen LogP contribution in [-0.4, -0.2) is 21.7 Å². The lowest BCUT2D eigenvalue weighted by Crippen LogP contribution is -2.16. The first kappa shape index (κ1) is 9.59. The van der Waals surface area contributed by atoms with E-state index >= 15 is 0 Å².